The predicted octanol–water partition coefficient (Wildman–Crippen LogP) is 2.04. The van der Waals surface area contributed by atoms with Crippen LogP contribution in [0.5, 0.6) is 0 Å². The lowest BCUT2D eigenvalue weighted by atomic mass is 9.68. The number of rotatable bonds is 5. The van der Waals surface area contributed by atoms with E-state index >= 15 is 0 Å². The Morgan fingerprint density at radius 1 is 1.24 bits per heavy atom. The molecule has 2 rings (SSSR count). The van der Waals surface area contributed by atoms with E-state index in [1.165, 1.54) is 45.2 Å². The van der Waals surface area contributed by atoms with Gasteiger partial charge in [-0.05, 0) is 25.2 Å². The maximum atomic E-state index is 10.2. The molecule has 1 aliphatic heterocycles. The third-order valence-electron chi connectivity index (χ3n) is 4.44. The number of β-amino-alcohol motifs (C(OH)–C–C–N with tert-alkyl or cyclic N) is 1. The first-order chi connectivity index (χ1) is 8.05. The topological polar surface area (TPSA) is 32.7 Å². The quantitative estimate of drug-likeness (QED) is 0.799. The number of hydrogen-bond donors (Lipinski definition) is 1. The van der Waals surface area contributed by atoms with Gasteiger partial charge in [-0.2, -0.15) is 0 Å². The van der Waals surface area contributed by atoms with E-state index in [0.29, 0.717) is 12.0 Å². The summed E-state index contributed by atoms with van der Waals surface area (Å²) < 4.78 is 5.04. The van der Waals surface area contributed by atoms with Gasteiger partial charge in [-0.1, -0.05) is 19.3 Å². The molecule has 100 valence electrons. The summed E-state index contributed by atoms with van der Waals surface area (Å²) in [6.07, 6.45) is 7.79. The van der Waals surface area contributed by atoms with Gasteiger partial charge in [-0.25, -0.2) is 0 Å². The van der Waals surface area contributed by atoms with Crippen molar-refractivity contribution in [3.05, 3.63) is 0 Å². The Labute approximate surface area is 105 Å². The molecule has 1 aliphatic carbocycles. The minimum absolute atomic E-state index is 0.591. The molecule has 0 aromatic heterocycles. The molecule has 0 amide bonds. The Kier molecular flexibility index (Phi) is 4.11. The van der Waals surface area contributed by atoms with Crippen molar-refractivity contribution < 1.29 is 9.84 Å². The molecular formula is C14H27NO2. The Balaban J connectivity index is 1.72. The van der Waals surface area contributed by atoms with Crippen LogP contribution in [0.1, 0.15) is 45.4 Å². The van der Waals surface area contributed by atoms with E-state index < -0.39 is 5.60 Å². The summed E-state index contributed by atoms with van der Waals surface area (Å²) in [6, 6.07) is 0. The highest BCUT2D eigenvalue weighted by Gasteiger charge is 2.44. The second-order valence-corrected chi connectivity index (χ2v) is 6.45. The molecule has 0 radical (unpaired) electrons. The number of hydrogen-bond acceptors (Lipinski definition) is 3. The van der Waals surface area contributed by atoms with Crippen LogP contribution in [0.2, 0.25) is 0 Å². The lowest BCUT2D eigenvalue weighted by molar-refractivity contribution is -0.0824. The van der Waals surface area contributed by atoms with Crippen molar-refractivity contribution in [2.45, 2.75) is 51.0 Å². The molecule has 3 nitrogen and oxygen atoms in total. The van der Waals surface area contributed by atoms with Gasteiger partial charge in [-0.3, -0.25) is 4.90 Å². The molecule has 0 aromatic rings. The van der Waals surface area contributed by atoms with Crippen molar-refractivity contribution in [2.75, 3.05) is 33.4 Å². The van der Waals surface area contributed by atoms with E-state index in [2.05, 4.69) is 4.90 Å². The van der Waals surface area contributed by atoms with Gasteiger partial charge in [0.1, 0.15) is 0 Å². The highest BCUT2D eigenvalue weighted by molar-refractivity contribution is 4.98. The molecule has 1 saturated carbocycles. The fourth-order valence-corrected chi connectivity index (χ4v) is 3.51. The Morgan fingerprint density at radius 3 is 2.47 bits per heavy atom. The molecule has 2 aliphatic rings. The molecule has 2 fully saturated rings. The van der Waals surface area contributed by atoms with Crippen molar-refractivity contribution in [1.82, 2.24) is 4.90 Å². The predicted molar refractivity (Wildman–Crippen MR) is 69.1 cm³/mol. The molecule has 1 N–H and O–H groups in total. The molecule has 1 heterocycles. The van der Waals surface area contributed by atoms with Crippen molar-refractivity contribution in [3.63, 3.8) is 0 Å². The lowest BCUT2D eigenvalue weighted by Gasteiger charge is -2.54. The van der Waals surface area contributed by atoms with Crippen molar-refractivity contribution in [1.29, 1.82) is 0 Å². The monoisotopic (exact) mass is 241 g/mol. The van der Waals surface area contributed by atoms with E-state index in [4.69, 9.17) is 4.74 Å². The first-order valence-electron chi connectivity index (χ1n) is 6.99. The van der Waals surface area contributed by atoms with Gasteiger partial charge in [-0.15, -0.1) is 0 Å². The van der Waals surface area contributed by atoms with E-state index in [9.17, 15) is 5.11 Å². The summed E-state index contributed by atoms with van der Waals surface area (Å²) in [7, 11) is 1.69. The first-order valence-corrected chi connectivity index (χ1v) is 6.99. The molecule has 1 atom stereocenters. The molecular weight excluding hydrogens is 214 g/mol. The molecule has 3 heteroatoms. The first kappa shape index (κ1) is 13.3. The number of nitrogens with zero attached hydrogens (tertiary/aromatic N) is 1. The van der Waals surface area contributed by atoms with Crippen LogP contribution in [-0.2, 0) is 4.74 Å². The molecule has 1 saturated heterocycles. The zero-order valence-corrected chi connectivity index (χ0v) is 11.4. The largest absolute Gasteiger partial charge is 0.389 e. The van der Waals surface area contributed by atoms with Gasteiger partial charge >= 0.3 is 0 Å². The third-order valence-corrected chi connectivity index (χ3v) is 4.44. The third kappa shape index (κ3) is 3.43. The van der Waals surface area contributed by atoms with E-state index in [-0.39, 0.29) is 0 Å². The summed E-state index contributed by atoms with van der Waals surface area (Å²) in [5.74, 6) is 0. The van der Waals surface area contributed by atoms with Gasteiger partial charge in [0.15, 0.2) is 0 Å². The van der Waals surface area contributed by atoms with Crippen LogP contribution in [0.4, 0.5) is 0 Å². The average Bonchev–Trinajstić information content (AvgIpc) is 2.25. The fourth-order valence-electron chi connectivity index (χ4n) is 3.51. The minimum Gasteiger partial charge on any atom is -0.389 e. The van der Waals surface area contributed by atoms with Gasteiger partial charge in [0, 0.05) is 39.8 Å². The minimum atomic E-state index is -0.591. The number of methoxy groups -OCH3 is 1. The van der Waals surface area contributed by atoms with E-state index in [1.54, 1.807) is 7.11 Å². The van der Waals surface area contributed by atoms with E-state index in [1.807, 2.05) is 6.92 Å². The van der Waals surface area contributed by atoms with Crippen molar-refractivity contribution >= 4 is 0 Å². The Morgan fingerprint density at radius 2 is 1.88 bits per heavy atom. The highest BCUT2D eigenvalue weighted by Crippen LogP contribution is 2.44. The number of likely N-dealkylation sites (tertiary alicyclic amines) is 1. The number of aliphatic hydroxyl groups is 1. The smallest absolute Gasteiger partial charge is 0.0768 e. The van der Waals surface area contributed by atoms with Crippen LogP contribution in [0.3, 0.4) is 0 Å². The maximum Gasteiger partial charge on any atom is 0.0768 e. The van der Waals surface area contributed by atoms with Crippen molar-refractivity contribution in [2.24, 2.45) is 5.41 Å². The van der Waals surface area contributed by atoms with Crippen molar-refractivity contribution in [3.8, 4) is 0 Å². The van der Waals surface area contributed by atoms with E-state index in [0.717, 1.165) is 13.0 Å². The summed E-state index contributed by atoms with van der Waals surface area (Å²) in [6.45, 7) is 5.79. The van der Waals surface area contributed by atoms with Crippen LogP contribution in [0.15, 0.2) is 0 Å². The van der Waals surface area contributed by atoms with Crippen LogP contribution >= 0.6 is 0 Å². The standard InChI is InChI=1S/C14H27NO2/c1-13(16,8-9-17-2)10-15-11-14(12-15)6-4-3-5-7-14/h16H,3-12H2,1-2H3. The molecule has 17 heavy (non-hydrogen) atoms. The molecule has 1 unspecified atom stereocenters. The van der Waals surface area contributed by atoms with Crippen LogP contribution in [0, 0.1) is 5.41 Å². The zero-order valence-electron chi connectivity index (χ0n) is 11.4. The zero-order chi connectivity index (χ0) is 12.4. The van der Waals surface area contributed by atoms with Crippen LogP contribution in [-0.4, -0.2) is 49.0 Å². The SMILES string of the molecule is COCCC(C)(O)CN1CC2(CCCCC2)C1. The summed E-state index contributed by atoms with van der Waals surface area (Å²) in [5.41, 5.74) is 0.0296. The molecule has 0 aromatic carbocycles. The van der Waals surface area contributed by atoms with Gasteiger partial charge in [0.25, 0.3) is 0 Å². The van der Waals surface area contributed by atoms with Crippen LogP contribution < -0.4 is 0 Å². The summed E-state index contributed by atoms with van der Waals surface area (Å²) in [4.78, 5) is 2.42. The molecule has 0 bridgehead atoms. The van der Waals surface area contributed by atoms with Gasteiger partial charge in [0.05, 0.1) is 5.60 Å². The van der Waals surface area contributed by atoms with Crippen LogP contribution in [0.25, 0.3) is 0 Å². The fraction of sp³-hybridized carbons (Fsp3) is 1.00. The summed E-state index contributed by atoms with van der Waals surface area (Å²) >= 11 is 0. The molecule has 1 spiro atoms. The van der Waals surface area contributed by atoms with Gasteiger partial charge in [0.2, 0.25) is 0 Å². The Bertz CT molecular complexity index is 239. The Hall–Kier alpha value is -0.120. The lowest BCUT2D eigenvalue weighted by Crippen LogP contribution is -2.60. The highest BCUT2D eigenvalue weighted by atomic mass is 16.5. The second-order valence-electron chi connectivity index (χ2n) is 6.45. The van der Waals surface area contributed by atoms with Gasteiger partial charge < -0.3 is 9.84 Å². The summed E-state index contributed by atoms with van der Waals surface area (Å²) in [5, 5.41) is 10.2. The maximum absolute atomic E-state index is 10.2. The average molecular weight is 241 g/mol. The normalized spacial score (nSPS) is 27.7. The number of ether oxygens (including phenoxy) is 1. The second kappa shape index (κ2) is 5.25.